The molecule has 0 heterocycles. The van der Waals surface area contributed by atoms with Gasteiger partial charge in [-0.3, -0.25) is 10.1 Å². The number of benzene rings is 2. The number of hydrogen-bond acceptors (Lipinski definition) is 6. The second-order valence-corrected chi connectivity index (χ2v) is 8.49. The van der Waals surface area contributed by atoms with Crippen molar-refractivity contribution in [1.29, 1.82) is 0 Å². The molecule has 2 aromatic rings. The van der Waals surface area contributed by atoms with Crippen molar-refractivity contribution in [1.82, 2.24) is 4.83 Å². The minimum atomic E-state index is -3.78. The summed E-state index contributed by atoms with van der Waals surface area (Å²) >= 11 is 0. The van der Waals surface area contributed by atoms with Gasteiger partial charge in [0.25, 0.3) is 10.0 Å². The maximum absolute atomic E-state index is 12.4. The van der Waals surface area contributed by atoms with Gasteiger partial charge in [0.2, 0.25) is 0 Å². The molecule has 1 saturated carbocycles. The molecule has 1 N–H and O–H groups in total. The van der Waals surface area contributed by atoms with E-state index in [4.69, 9.17) is 4.74 Å². The Bertz CT molecular complexity index is 1040. The quantitative estimate of drug-likeness (QED) is 0.433. The normalized spacial score (nSPS) is 15.8. The van der Waals surface area contributed by atoms with E-state index in [1.807, 2.05) is 6.92 Å². The van der Waals surface area contributed by atoms with E-state index in [9.17, 15) is 18.5 Å². The summed E-state index contributed by atoms with van der Waals surface area (Å²) in [4.78, 5) is 13.2. The van der Waals surface area contributed by atoms with Gasteiger partial charge in [0.05, 0.1) is 16.9 Å². The number of nitrogens with one attached hydrogen (secondary N) is 1. The molecule has 0 amide bonds. The minimum absolute atomic E-state index is 0.125. The summed E-state index contributed by atoms with van der Waals surface area (Å²) in [5.41, 5.74) is 1.60. The molecular formula is C19H21N3O5S. The third-order valence-corrected chi connectivity index (χ3v) is 6.26. The fourth-order valence-corrected chi connectivity index (χ4v) is 3.98. The van der Waals surface area contributed by atoms with Crippen LogP contribution in [0.4, 0.5) is 5.69 Å². The topological polar surface area (TPSA) is 111 Å². The van der Waals surface area contributed by atoms with Crippen molar-refractivity contribution < 1.29 is 18.1 Å². The number of aryl methyl sites for hydroxylation is 1. The highest BCUT2D eigenvalue weighted by Gasteiger charge is 2.48. The molecule has 0 saturated heterocycles. The van der Waals surface area contributed by atoms with Gasteiger partial charge in [-0.15, -0.1) is 0 Å². The molecule has 1 fully saturated rings. The molecule has 3 rings (SSSR count). The Labute approximate surface area is 163 Å². The molecule has 0 bridgehead atoms. The zero-order valence-corrected chi connectivity index (χ0v) is 16.6. The molecule has 0 spiro atoms. The van der Waals surface area contributed by atoms with Gasteiger partial charge in [0.1, 0.15) is 0 Å². The standard InChI is InChI=1S/C19H21N3O5S/c1-13-4-7-16(8-5-13)28(25,26)21-20-14(2)19(10-11-19)15-6-9-18(27-3)17(12-15)22(23)24/h4-9,12,21H,10-11H2,1-3H3. The number of nitro benzene ring substituents is 1. The second-order valence-electron chi connectivity index (χ2n) is 6.83. The van der Waals surface area contributed by atoms with Crippen LogP contribution in [0.25, 0.3) is 0 Å². The fourth-order valence-electron chi connectivity index (χ4n) is 3.12. The van der Waals surface area contributed by atoms with Crippen LogP contribution in [0.3, 0.4) is 0 Å². The molecule has 8 nitrogen and oxygen atoms in total. The highest BCUT2D eigenvalue weighted by Crippen LogP contribution is 2.50. The van der Waals surface area contributed by atoms with Crippen LogP contribution in [0.15, 0.2) is 52.5 Å². The zero-order valence-electron chi connectivity index (χ0n) is 15.8. The molecule has 9 heteroatoms. The lowest BCUT2D eigenvalue weighted by molar-refractivity contribution is -0.385. The van der Waals surface area contributed by atoms with Gasteiger partial charge < -0.3 is 4.74 Å². The van der Waals surface area contributed by atoms with Gasteiger partial charge in [0.15, 0.2) is 5.75 Å². The summed E-state index contributed by atoms with van der Waals surface area (Å²) in [6.07, 6.45) is 1.47. The first-order valence-corrected chi connectivity index (χ1v) is 10.1. The molecule has 0 unspecified atom stereocenters. The Morgan fingerprint density at radius 3 is 2.39 bits per heavy atom. The van der Waals surface area contributed by atoms with Crippen LogP contribution in [-0.4, -0.2) is 26.2 Å². The van der Waals surface area contributed by atoms with Crippen LogP contribution in [0.2, 0.25) is 0 Å². The van der Waals surface area contributed by atoms with E-state index in [1.165, 1.54) is 25.3 Å². The van der Waals surface area contributed by atoms with E-state index in [-0.39, 0.29) is 16.3 Å². The molecule has 28 heavy (non-hydrogen) atoms. The number of nitro groups is 1. The van der Waals surface area contributed by atoms with Gasteiger partial charge in [-0.2, -0.15) is 13.5 Å². The maximum atomic E-state index is 12.4. The maximum Gasteiger partial charge on any atom is 0.311 e. The third-order valence-electron chi connectivity index (χ3n) is 5.04. The van der Waals surface area contributed by atoms with Crippen molar-refractivity contribution in [2.75, 3.05) is 7.11 Å². The van der Waals surface area contributed by atoms with E-state index in [1.54, 1.807) is 31.2 Å². The largest absolute Gasteiger partial charge is 0.490 e. The molecule has 2 aromatic carbocycles. The van der Waals surface area contributed by atoms with Crippen LogP contribution >= 0.6 is 0 Å². The lowest BCUT2D eigenvalue weighted by atomic mass is 9.91. The van der Waals surface area contributed by atoms with E-state index in [0.717, 1.165) is 24.0 Å². The molecule has 0 atom stereocenters. The number of sulfonamides is 1. The highest BCUT2D eigenvalue weighted by atomic mass is 32.2. The SMILES string of the molecule is COc1ccc(C2(C(C)=NNS(=O)(=O)c3ccc(C)cc3)CC2)cc1[N+](=O)[O-]. The second kappa shape index (κ2) is 7.23. The predicted octanol–water partition coefficient (Wildman–Crippen LogP) is 3.30. The minimum Gasteiger partial charge on any atom is -0.490 e. The van der Waals surface area contributed by atoms with Gasteiger partial charge in [0, 0.05) is 17.2 Å². The Morgan fingerprint density at radius 2 is 1.86 bits per heavy atom. The van der Waals surface area contributed by atoms with Crippen molar-refractivity contribution in [2.24, 2.45) is 5.10 Å². The molecule has 0 aromatic heterocycles. The Kier molecular flexibility index (Phi) is 5.12. The van der Waals surface area contributed by atoms with Crippen LogP contribution < -0.4 is 9.57 Å². The average molecular weight is 403 g/mol. The smallest absolute Gasteiger partial charge is 0.311 e. The summed E-state index contributed by atoms with van der Waals surface area (Å²) in [6.45, 7) is 3.59. The fraction of sp³-hybridized carbons (Fsp3) is 0.316. The van der Waals surface area contributed by atoms with Crippen molar-refractivity contribution >= 4 is 21.4 Å². The Morgan fingerprint density at radius 1 is 1.21 bits per heavy atom. The summed E-state index contributed by atoms with van der Waals surface area (Å²) in [7, 11) is -2.41. The number of rotatable bonds is 7. The van der Waals surface area contributed by atoms with E-state index in [0.29, 0.717) is 5.71 Å². The number of methoxy groups -OCH3 is 1. The molecule has 0 aliphatic heterocycles. The molecule has 1 aliphatic carbocycles. The van der Waals surface area contributed by atoms with Gasteiger partial charge in [-0.1, -0.05) is 23.8 Å². The summed E-state index contributed by atoms with van der Waals surface area (Å²) in [6, 6.07) is 11.2. The Balaban J connectivity index is 1.87. The lowest BCUT2D eigenvalue weighted by Gasteiger charge is -2.16. The van der Waals surface area contributed by atoms with Gasteiger partial charge in [-0.25, -0.2) is 4.83 Å². The summed E-state index contributed by atoms with van der Waals surface area (Å²) in [5.74, 6) is 0.180. The molecule has 148 valence electrons. The van der Waals surface area contributed by atoms with E-state index < -0.39 is 20.4 Å². The first-order chi connectivity index (χ1) is 13.2. The first kappa shape index (κ1) is 19.8. The van der Waals surface area contributed by atoms with Crippen molar-refractivity contribution in [2.45, 2.75) is 37.0 Å². The van der Waals surface area contributed by atoms with Crippen molar-refractivity contribution in [3.05, 3.63) is 63.7 Å². The van der Waals surface area contributed by atoms with Crippen LogP contribution in [0.5, 0.6) is 5.75 Å². The molecule has 1 aliphatic rings. The first-order valence-electron chi connectivity index (χ1n) is 8.66. The lowest BCUT2D eigenvalue weighted by Crippen LogP contribution is -2.25. The Hall–Kier alpha value is -2.94. The number of nitrogens with zero attached hydrogens (tertiary/aromatic N) is 2. The molecule has 0 radical (unpaired) electrons. The number of ether oxygens (including phenoxy) is 1. The van der Waals surface area contributed by atoms with Crippen molar-refractivity contribution in [3.8, 4) is 5.75 Å². The van der Waals surface area contributed by atoms with Gasteiger partial charge in [-0.05, 0) is 50.5 Å². The summed E-state index contributed by atoms with van der Waals surface area (Å²) in [5, 5.41) is 15.4. The van der Waals surface area contributed by atoms with Crippen molar-refractivity contribution in [3.63, 3.8) is 0 Å². The highest BCUT2D eigenvalue weighted by molar-refractivity contribution is 7.89. The number of hydrazone groups is 1. The van der Waals surface area contributed by atoms with E-state index in [2.05, 4.69) is 9.93 Å². The van der Waals surface area contributed by atoms with Crippen LogP contribution in [0, 0.1) is 17.0 Å². The average Bonchev–Trinajstić information content (AvgIpc) is 3.48. The van der Waals surface area contributed by atoms with Crippen LogP contribution in [-0.2, 0) is 15.4 Å². The monoisotopic (exact) mass is 403 g/mol. The third kappa shape index (κ3) is 3.70. The summed E-state index contributed by atoms with van der Waals surface area (Å²) < 4.78 is 29.9. The van der Waals surface area contributed by atoms with Crippen LogP contribution in [0.1, 0.15) is 30.9 Å². The van der Waals surface area contributed by atoms with E-state index >= 15 is 0 Å². The predicted molar refractivity (Wildman–Crippen MR) is 105 cm³/mol. The number of hydrogen-bond donors (Lipinski definition) is 1. The van der Waals surface area contributed by atoms with Gasteiger partial charge >= 0.3 is 5.69 Å². The molecular weight excluding hydrogens is 382 g/mol. The zero-order chi connectivity index (χ0) is 20.5.